The van der Waals surface area contributed by atoms with Crippen LogP contribution in [0, 0.1) is 20.8 Å². The molecule has 2 heteroatoms. The van der Waals surface area contributed by atoms with E-state index in [0.717, 1.165) is 36.8 Å². The summed E-state index contributed by atoms with van der Waals surface area (Å²) in [5.74, 6) is 0. The molecule has 2 rings (SSSR count). The Morgan fingerprint density at radius 2 is 1.61 bits per heavy atom. The third-order valence-electron chi connectivity index (χ3n) is 4.53. The van der Waals surface area contributed by atoms with E-state index in [0.29, 0.717) is 0 Å². The van der Waals surface area contributed by atoms with Crippen molar-refractivity contribution in [3.8, 4) is 0 Å². The smallest absolute Gasteiger partial charge is 0.108 e. The molecular formula is C16H24O2. The Morgan fingerprint density at radius 1 is 1.06 bits per heavy atom. The van der Waals surface area contributed by atoms with E-state index in [1.165, 1.54) is 11.1 Å². The van der Waals surface area contributed by atoms with Gasteiger partial charge < -0.3 is 9.84 Å². The molecule has 18 heavy (non-hydrogen) atoms. The lowest BCUT2D eigenvalue weighted by Gasteiger charge is -2.34. The standard InChI is InChI=1S/C16H24O2/c1-11-9-13(3)14(10-12(11)2)15(17)16(18-4)7-5-6-8-16/h9-10,15,17H,5-8H2,1-4H3. The Kier molecular flexibility index (Phi) is 3.79. The summed E-state index contributed by atoms with van der Waals surface area (Å²) in [4.78, 5) is 0. The normalized spacial score (nSPS) is 20.1. The van der Waals surface area contributed by atoms with E-state index in [-0.39, 0.29) is 5.60 Å². The van der Waals surface area contributed by atoms with Gasteiger partial charge in [-0.1, -0.05) is 25.0 Å². The molecule has 100 valence electrons. The first-order valence-corrected chi connectivity index (χ1v) is 6.81. The summed E-state index contributed by atoms with van der Waals surface area (Å²) in [6.07, 6.45) is 3.70. The first-order chi connectivity index (χ1) is 8.50. The average molecular weight is 248 g/mol. The molecule has 1 aromatic rings. The summed E-state index contributed by atoms with van der Waals surface area (Å²) in [6.45, 7) is 6.28. The maximum absolute atomic E-state index is 10.7. The summed E-state index contributed by atoms with van der Waals surface area (Å²) in [6, 6.07) is 4.28. The van der Waals surface area contributed by atoms with Crippen molar-refractivity contribution in [3.63, 3.8) is 0 Å². The molecule has 0 spiro atoms. The highest BCUT2D eigenvalue weighted by molar-refractivity contribution is 5.38. The van der Waals surface area contributed by atoms with Crippen molar-refractivity contribution in [2.45, 2.75) is 58.2 Å². The molecule has 0 bridgehead atoms. The van der Waals surface area contributed by atoms with Gasteiger partial charge in [0.2, 0.25) is 0 Å². The van der Waals surface area contributed by atoms with Gasteiger partial charge in [0.1, 0.15) is 6.10 Å². The molecule has 0 radical (unpaired) electrons. The number of aryl methyl sites for hydroxylation is 3. The predicted octanol–water partition coefficient (Wildman–Crippen LogP) is 3.60. The number of aliphatic hydroxyl groups is 1. The Bertz CT molecular complexity index is 431. The maximum atomic E-state index is 10.7. The van der Waals surface area contributed by atoms with Crippen LogP contribution in [0.4, 0.5) is 0 Å². The van der Waals surface area contributed by atoms with Gasteiger partial charge in [-0.05, 0) is 55.9 Å². The van der Waals surface area contributed by atoms with Crippen molar-refractivity contribution in [2.24, 2.45) is 0 Å². The lowest BCUT2D eigenvalue weighted by atomic mass is 9.85. The largest absolute Gasteiger partial charge is 0.385 e. The topological polar surface area (TPSA) is 29.5 Å². The van der Waals surface area contributed by atoms with E-state index in [2.05, 4.69) is 32.9 Å². The fourth-order valence-corrected chi connectivity index (χ4v) is 3.12. The molecule has 0 aromatic heterocycles. The van der Waals surface area contributed by atoms with E-state index in [4.69, 9.17) is 4.74 Å². The summed E-state index contributed by atoms with van der Waals surface area (Å²) in [5.41, 5.74) is 4.34. The van der Waals surface area contributed by atoms with Crippen LogP contribution in [0.3, 0.4) is 0 Å². The molecule has 1 N–H and O–H groups in total. The highest BCUT2D eigenvalue weighted by Gasteiger charge is 2.42. The fraction of sp³-hybridized carbons (Fsp3) is 0.625. The van der Waals surface area contributed by atoms with Crippen LogP contribution in [0.2, 0.25) is 0 Å². The zero-order chi connectivity index (χ0) is 13.3. The first-order valence-electron chi connectivity index (χ1n) is 6.81. The number of benzene rings is 1. The summed E-state index contributed by atoms with van der Waals surface area (Å²) < 4.78 is 5.69. The fourth-order valence-electron chi connectivity index (χ4n) is 3.12. The van der Waals surface area contributed by atoms with Gasteiger partial charge in [0, 0.05) is 7.11 Å². The minimum atomic E-state index is -0.510. The number of hydrogen-bond acceptors (Lipinski definition) is 2. The number of methoxy groups -OCH3 is 1. The van der Waals surface area contributed by atoms with Crippen molar-refractivity contribution >= 4 is 0 Å². The molecule has 0 aliphatic heterocycles. The second kappa shape index (κ2) is 5.02. The Hall–Kier alpha value is -0.860. The van der Waals surface area contributed by atoms with E-state index in [1.807, 2.05) is 0 Å². The van der Waals surface area contributed by atoms with Crippen LogP contribution < -0.4 is 0 Å². The number of ether oxygens (including phenoxy) is 1. The SMILES string of the molecule is COC1(C(O)c2cc(C)c(C)cc2C)CCCC1. The molecule has 1 aromatic carbocycles. The van der Waals surface area contributed by atoms with E-state index in [1.54, 1.807) is 7.11 Å². The number of hydrogen-bond donors (Lipinski definition) is 1. The highest BCUT2D eigenvalue weighted by Crippen LogP contribution is 2.43. The van der Waals surface area contributed by atoms with Gasteiger partial charge >= 0.3 is 0 Å². The van der Waals surface area contributed by atoms with Gasteiger partial charge in [-0.15, -0.1) is 0 Å². The second-order valence-corrected chi connectivity index (χ2v) is 5.67. The molecule has 1 fully saturated rings. The summed E-state index contributed by atoms with van der Waals surface area (Å²) in [7, 11) is 1.73. The van der Waals surface area contributed by atoms with Gasteiger partial charge in [-0.2, -0.15) is 0 Å². The van der Waals surface area contributed by atoms with Crippen LogP contribution in [0.15, 0.2) is 12.1 Å². The van der Waals surface area contributed by atoms with Crippen LogP contribution in [0.1, 0.15) is 54.0 Å². The molecule has 1 aliphatic carbocycles. The van der Waals surface area contributed by atoms with E-state index >= 15 is 0 Å². The van der Waals surface area contributed by atoms with Crippen molar-refractivity contribution in [1.29, 1.82) is 0 Å². The Balaban J connectivity index is 2.39. The van der Waals surface area contributed by atoms with Crippen molar-refractivity contribution < 1.29 is 9.84 Å². The molecule has 1 atom stereocenters. The van der Waals surface area contributed by atoms with Crippen molar-refractivity contribution in [2.75, 3.05) is 7.11 Å². The lowest BCUT2D eigenvalue weighted by Crippen LogP contribution is -2.35. The predicted molar refractivity (Wildman–Crippen MR) is 73.8 cm³/mol. The lowest BCUT2D eigenvalue weighted by molar-refractivity contribution is -0.100. The minimum Gasteiger partial charge on any atom is -0.385 e. The molecule has 0 amide bonds. The van der Waals surface area contributed by atoms with Crippen LogP contribution in [0.5, 0.6) is 0 Å². The van der Waals surface area contributed by atoms with E-state index in [9.17, 15) is 5.11 Å². The van der Waals surface area contributed by atoms with Crippen LogP contribution >= 0.6 is 0 Å². The average Bonchev–Trinajstić information content (AvgIpc) is 2.83. The van der Waals surface area contributed by atoms with Crippen molar-refractivity contribution in [1.82, 2.24) is 0 Å². The first kappa shape index (κ1) is 13.6. The van der Waals surface area contributed by atoms with Crippen LogP contribution in [-0.2, 0) is 4.74 Å². The maximum Gasteiger partial charge on any atom is 0.108 e. The van der Waals surface area contributed by atoms with Crippen LogP contribution in [0.25, 0.3) is 0 Å². The van der Waals surface area contributed by atoms with Gasteiger partial charge in [-0.25, -0.2) is 0 Å². The molecular weight excluding hydrogens is 224 g/mol. The van der Waals surface area contributed by atoms with Crippen molar-refractivity contribution in [3.05, 3.63) is 34.4 Å². The summed E-state index contributed by atoms with van der Waals surface area (Å²) in [5, 5.41) is 10.7. The van der Waals surface area contributed by atoms with Gasteiger partial charge in [0.25, 0.3) is 0 Å². The second-order valence-electron chi connectivity index (χ2n) is 5.67. The number of rotatable bonds is 3. The molecule has 1 saturated carbocycles. The Morgan fingerprint density at radius 3 is 2.17 bits per heavy atom. The molecule has 1 aliphatic rings. The highest BCUT2D eigenvalue weighted by atomic mass is 16.5. The minimum absolute atomic E-state index is 0.369. The zero-order valence-corrected chi connectivity index (χ0v) is 11.9. The summed E-state index contributed by atoms with van der Waals surface area (Å²) >= 11 is 0. The molecule has 0 saturated heterocycles. The zero-order valence-electron chi connectivity index (χ0n) is 11.9. The molecule has 2 nitrogen and oxygen atoms in total. The molecule has 1 unspecified atom stereocenters. The van der Waals surface area contributed by atoms with E-state index < -0.39 is 6.10 Å². The van der Waals surface area contributed by atoms with Gasteiger partial charge in [0.05, 0.1) is 5.60 Å². The van der Waals surface area contributed by atoms with Gasteiger partial charge in [-0.3, -0.25) is 0 Å². The Labute approximate surface area is 110 Å². The molecule has 0 heterocycles. The third kappa shape index (κ3) is 2.19. The monoisotopic (exact) mass is 248 g/mol. The quantitative estimate of drug-likeness (QED) is 0.885. The van der Waals surface area contributed by atoms with Crippen LogP contribution in [-0.4, -0.2) is 17.8 Å². The van der Waals surface area contributed by atoms with Gasteiger partial charge in [0.15, 0.2) is 0 Å². The third-order valence-corrected chi connectivity index (χ3v) is 4.53. The number of aliphatic hydroxyl groups excluding tert-OH is 1.